The van der Waals surface area contributed by atoms with E-state index in [0.29, 0.717) is 35.4 Å². The summed E-state index contributed by atoms with van der Waals surface area (Å²) < 4.78 is 10.6. The molecule has 0 fully saturated rings. The second-order valence-corrected chi connectivity index (χ2v) is 9.74. The Bertz CT molecular complexity index is 1350. The molecule has 12 heteroatoms. The van der Waals surface area contributed by atoms with Crippen LogP contribution in [0.1, 0.15) is 28.8 Å². The summed E-state index contributed by atoms with van der Waals surface area (Å²) in [4.78, 5) is 27.9. The summed E-state index contributed by atoms with van der Waals surface area (Å²) in [6.45, 7) is 0.152. The molecule has 0 aliphatic rings. The molecule has 4 rings (SSSR count). The Morgan fingerprint density at radius 2 is 2.03 bits per heavy atom. The lowest BCUT2D eigenvalue weighted by atomic mass is 10.1. The van der Waals surface area contributed by atoms with Gasteiger partial charge in [0, 0.05) is 34.3 Å². The number of carbonyl (C=O) groups is 2. The van der Waals surface area contributed by atoms with Crippen molar-refractivity contribution in [3.8, 4) is 5.75 Å². The third kappa shape index (κ3) is 7.89. The smallest absolute Gasteiger partial charge is 0.325 e. The maximum atomic E-state index is 12.1. The van der Waals surface area contributed by atoms with Crippen molar-refractivity contribution < 1.29 is 19.1 Å². The molecule has 10 nitrogen and oxygen atoms in total. The monoisotopic (exact) mass is 540 g/mol. The molecule has 192 valence electrons. The molecule has 0 aliphatic heterocycles. The lowest BCUT2D eigenvalue weighted by molar-refractivity contribution is -0.141. The molecule has 2 aromatic carbocycles. The summed E-state index contributed by atoms with van der Waals surface area (Å²) in [5.41, 5.74) is 2.60. The van der Waals surface area contributed by atoms with Gasteiger partial charge < -0.3 is 14.8 Å². The molecule has 37 heavy (non-hydrogen) atoms. The van der Waals surface area contributed by atoms with E-state index < -0.39 is 5.97 Å². The van der Waals surface area contributed by atoms with Crippen LogP contribution in [0.2, 0.25) is 5.02 Å². The minimum atomic E-state index is -0.490. The van der Waals surface area contributed by atoms with Crippen molar-refractivity contribution in [1.82, 2.24) is 30.9 Å². The number of methoxy groups -OCH3 is 1. The van der Waals surface area contributed by atoms with Crippen LogP contribution in [-0.4, -0.2) is 56.9 Å². The summed E-state index contributed by atoms with van der Waals surface area (Å²) in [7, 11) is 1.28. The summed E-state index contributed by atoms with van der Waals surface area (Å²) >= 11 is 7.69. The van der Waals surface area contributed by atoms with Crippen LogP contribution < -0.4 is 10.1 Å². The van der Waals surface area contributed by atoms with Crippen molar-refractivity contribution >= 4 is 46.1 Å². The quantitative estimate of drug-likeness (QED) is 0.258. The fourth-order valence-corrected chi connectivity index (χ4v) is 4.87. The van der Waals surface area contributed by atoms with Gasteiger partial charge in [0.05, 0.1) is 18.3 Å². The predicted molar refractivity (Wildman–Crippen MR) is 140 cm³/mol. The molecule has 0 saturated carbocycles. The Morgan fingerprint density at radius 3 is 2.84 bits per heavy atom. The zero-order valence-corrected chi connectivity index (χ0v) is 21.6. The van der Waals surface area contributed by atoms with Gasteiger partial charge in [-0.15, -0.1) is 10.2 Å². The van der Waals surface area contributed by atoms with E-state index in [2.05, 4.69) is 35.7 Å². The number of hydrogen-bond acceptors (Lipinski definition) is 9. The molecule has 2 aromatic heterocycles. The fourth-order valence-electron chi connectivity index (χ4n) is 3.51. The van der Waals surface area contributed by atoms with Crippen LogP contribution in [0.25, 0.3) is 10.9 Å². The van der Waals surface area contributed by atoms with Crippen molar-refractivity contribution in [3.63, 3.8) is 0 Å². The molecule has 0 aliphatic carbocycles. The average molecular weight is 541 g/mol. The number of rotatable bonds is 12. The number of aromatic amines is 1. The topological polar surface area (TPSA) is 132 Å². The van der Waals surface area contributed by atoms with Crippen LogP contribution in [-0.2, 0) is 27.4 Å². The number of fused-ring (bicyclic) bond motifs is 1. The number of amides is 1. The molecule has 2 N–H and O–H groups in total. The normalized spacial score (nSPS) is 11.7. The Hall–Kier alpha value is -3.70. The lowest BCUT2D eigenvalue weighted by Crippen LogP contribution is -2.30. The second-order valence-electron chi connectivity index (χ2n) is 8.00. The molecular formula is C25H25ClN6O4S. The fraction of sp³-hybridized carbons (Fsp3) is 0.280. The molecule has 0 radical (unpaired) electrons. The zero-order chi connectivity index (χ0) is 26.0. The minimum Gasteiger partial charge on any atom is -0.487 e. The first kappa shape index (κ1) is 26.4. The van der Waals surface area contributed by atoms with Gasteiger partial charge in [0.25, 0.3) is 0 Å². The first-order valence-electron chi connectivity index (χ1n) is 11.5. The average Bonchev–Trinajstić information content (AvgIpc) is 3.43. The number of esters is 1. The number of tetrazole rings is 1. The van der Waals surface area contributed by atoms with Gasteiger partial charge in [-0.2, -0.15) is 17.0 Å². The number of nitrogens with one attached hydrogen (secondary N) is 2. The first-order valence-corrected chi connectivity index (χ1v) is 12.9. The van der Waals surface area contributed by atoms with E-state index >= 15 is 0 Å². The van der Waals surface area contributed by atoms with E-state index in [1.165, 1.54) is 7.11 Å². The van der Waals surface area contributed by atoms with E-state index in [0.717, 1.165) is 22.2 Å². The SMILES string of the molecule is COC(=O)CNC(=O)CCSC(Cc1nn[nH]n1)c1cccc(OCc2ccc3ccc(Cl)cc3n2)c1. The maximum absolute atomic E-state index is 12.1. The number of aromatic nitrogens is 5. The number of halogens is 1. The lowest BCUT2D eigenvalue weighted by Gasteiger charge is -2.17. The van der Waals surface area contributed by atoms with Crippen molar-refractivity contribution in [3.05, 3.63) is 76.7 Å². The molecule has 0 spiro atoms. The van der Waals surface area contributed by atoms with Gasteiger partial charge in [-0.1, -0.05) is 41.1 Å². The van der Waals surface area contributed by atoms with Gasteiger partial charge in [0.2, 0.25) is 5.91 Å². The highest BCUT2D eigenvalue weighted by Crippen LogP contribution is 2.34. The molecule has 0 bridgehead atoms. The van der Waals surface area contributed by atoms with E-state index in [4.69, 9.17) is 16.3 Å². The number of hydrogen-bond donors (Lipinski definition) is 2. The van der Waals surface area contributed by atoms with Crippen LogP contribution in [0.15, 0.2) is 54.6 Å². The Morgan fingerprint density at radius 1 is 1.16 bits per heavy atom. The van der Waals surface area contributed by atoms with Crippen molar-refractivity contribution in [2.24, 2.45) is 0 Å². The van der Waals surface area contributed by atoms with E-state index in [1.54, 1.807) is 11.8 Å². The van der Waals surface area contributed by atoms with Gasteiger partial charge in [-0.05, 0) is 35.9 Å². The summed E-state index contributed by atoms with van der Waals surface area (Å²) in [5.74, 6) is 1.08. The highest BCUT2D eigenvalue weighted by molar-refractivity contribution is 7.99. The second kappa shape index (κ2) is 13.0. The number of H-pyrrole nitrogens is 1. The summed E-state index contributed by atoms with van der Waals surface area (Å²) in [6.07, 6.45) is 0.764. The maximum Gasteiger partial charge on any atom is 0.325 e. The Kier molecular flexibility index (Phi) is 9.28. The number of pyridine rings is 1. The highest BCUT2D eigenvalue weighted by Gasteiger charge is 2.17. The molecule has 2 heterocycles. The van der Waals surface area contributed by atoms with Gasteiger partial charge in [0.15, 0.2) is 5.82 Å². The molecule has 4 aromatic rings. The van der Waals surface area contributed by atoms with E-state index in [9.17, 15) is 9.59 Å². The standard InChI is InChI=1S/C25H25ClN6O4S/c1-35-25(34)14-27-24(33)9-10-37-22(13-23-29-31-32-30-23)17-3-2-4-20(11-17)36-15-19-8-6-16-5-7-18(26)12-21(16)28-19/h2-8,11-12,22H,9-10,13-15H2,1H3,(H,27,33)(H,29,30,31,32). The number of ether oxygens (including phenoxy) is 2. The van der Waals surface area contributed by atoms with Crippen LogP contribution >= 0.6 is 23.4 Å². The Balaban J connectivity index is 1.40. The summed E-state index contributed by atoms with van der Waals surface area (Å²) in [6, 6.07) is 17.3. The molecule has 0 saturated heterocycles. The van der Waals surface area contributed by atoms with Crippen LogP contribution in [0.3, 0.4) is 0 Å². The van der Waals surface area contributed by atoms with Crippen molar-refractivity contribution in [2.45, 2.75) is 24.7 Å². The first-order chi connectivity index (χ1) is 18.0. The molecule has 1 atom stereocenters. The number of thioether (sulfide) groups is 1. The van der Waals surface area contributed by atoms with Gasteiger partial charge >= 0.3 is 5.97 Å². The van der Waals surface area contributed by atoms with Gasteiger partial charge in [-0.3, -0.25) is 9.59 Å². The van der Waals surface area contributed by atoms with Gasteiger partial charge in [0.1, 0.15) is 18.9 Å². The van der Waals surface area contributed by atoms with E-state index in [1.807, 2.05) is 54.6 Å². The van der Waals surface area contributed by atoms with Crippen molar-refractivity contribution in [2.75, 3.05) is 19.4 Å². The molecular weight excluding hydrogens is 516 g/mol. The number of carbonyl (C=O) groups excluding carboxylic acids is 2. The third-order valence-electron chi connectivity index (χ3n) is 5.39. The van der Waals surface area contributed by atoms with E-state index in [-0.39, 0.29) is 24.1 Å². The summed E-state index contributed by atoms with van der Waals surface area (Å²) in [5, 5.41) is 18.4. The van der Waals surface area contributed by atoms with Gasteiger partial charge in [-0.25, -0.2) is 4.98 Å². The number of benzene rings is 2. The van der Waals surface area contributed by atoms with Crippen LogP contribution in [0.4, 0.5) is 0 Å². The van der Waals surface area contributed by atoms with Crippen molar-refractivity contribution in [1.29, 1.82) is 0 Å². The van der Waals surface area contributed by atoms with Crippen LogP contribution in [0.5, 0.6) is 5.75 Å². The molecule has 1 amide bonds. The highest BCUT2D eigenvalue weighted by atomic mass is 35.5. The largest absolute Gasteiger partial charge is 0.487 e. The van der Waals surface area contributed by atoms with Crippen LogP contribution in [0, 0.1) is 0 Å². The predicted octanol–water partition coefficient (Wildman–Crippen LogP) is 3.68. The molecule has 1 unspecified atom stereocenters. The third-order valence-corrected chi connectivity index (χ3v) is 6.91. The Labute approximate surface area is 222 Å². The number of nitrogens with zero attached hydrogens (tertiary/aromatic N) is 4. The minimum absolute atomic E-state index is 0.0458. The zero-order valence-electron chi connectivity index (χ0n) is 20.0.